The number of nitrogens with two attached hydrogens (primary N) is 2. The number of nitrogens with one attached hydrogen (secondary N) is 1. The average Bonchev–Trinajstić information content (AvgIpc) is 3.46. The number of imidazole rings is 1. The van der Waals surface area contributed by atoms with E-state index < -0.39 is 30.2 Å². The molecule has 0 radical (unpaired) electrons. The third-order valence-electron chi connectivity index (χ3n) is 6.37. The van der Waals surface area contributed by atoms with Crippen molar-refractivity contribution in [1.82, 2.24) is 34.4 Å². The van der Waals surface area contributed by atoms with E-state index >= 15 is 0 Å². The molecule has 5 rings (SSSR count). The summed E-state index contributed by atoms with van der Waals surface area (Å²) in [5.41, 5.74) is 12.8. The maximum absolute atomic E-state index is 12.2. The SMILES string of the molecule is Nc1nc(=O)n(CCOc2ccccc2)cc1CNCCC1OC(n2cnc3c(N)ncnc32)C(O)C1O. The molecule has 1 aliphatic rings. The number of hydrogen-bond acceptors (Lipinski definition) is 12. The van der Waals surface area contributed by atoms with Gasteiger partial charge in [-0.25, -0.2) is 19.7 Å². The molecule has 0 bridgehead atoms. The van der Waals surface area contributed by atoms with E-state index in [1.54, 1.807) is 6.20 Å². The van der Waals surface area contributed by atoms with Crippen molar-refractivity contribution in [2.24, 2.45) is 0 Å². The van der Waals surface area contributed by atoms with Crippen molar-refractivity contribution in [2.45, 2.75) is 44.1 Å². The molecule has 0 saturated carbocycles. The highest BCUT2D eigenvalue weighted by atomic mass is 16.6. The first kappa shape index (κ1) is 25.5. The van der Waals surface area contributed by atoms with Crippen molar-refractivity contribution in [1.29, 1.82) is 0 Å². The maximum Gasteiger partial charge on any atom is 0.349 e. The fourth-order valence-corrected chi connectivity index (χ4v) is 4.34. The summed E-state index contributed by atoms with van der Waals surface area (Å²) >= 11 is 0. The van der Waals surface area contributed by atoms with E-state index in [-0.39, 0.29) is 11.6 Å². The molecule has 0 spiro atoms. The van der Waals surface area contributed by atoms with Crippen LogP contribution in [0.5, 0.6) is 5.75 Å². The van der Waals surface area contributed by atoms with E-state index in [1.165, 1.54) is 21.8 Å². The minimum atomic E-state index is -1.19. The molecule has 3 aromatic heterocycles. The monoisotopic (exact) mass is 523 g/mol. The second-order valence-electron chi connectivity index (χ2n) is 8.88. The minimum Gasteiger partial charge on any atom is -0.492 e. The summed E-state index contributed by atoms with van der Waals surface area (Å²) in [6, 6.07) is 9.32. The molecule has 0 aliphatic carbocycles. The van der Waals surface area contributed by atoms with Gasteiger partial charge in [0, 0.05) is 18.3 Å². The van der Waals surface area contributed by atoms with Gasteiger partial charge in [-0.2, -0.15) is 4.98 Å². The van der Waals surface area contributed by atoms with Gasteiger partial charge in [-0.05, 0) is 25.1 Å². The fraction of sp³-hybridized carbons (Fsp3) is 0.375. The third kappa shape index (κ3) is 5.28. The van der Waals surface area contributed by atoms with E-state index in [2.05, 4.69) is 25.3 Å². The second-order valence-corrected chi connectivity index (χ2v) is 8.88. The lowest BCUT2D eigenvalue weighted by Crippen LogP contribution is -2.33. The molecule has 4 heterocycles. The zero-order valence-corrected chi connectivity index (χ0v) is 20.4. The molecule has 4 atom stereocenters. The van der Waals surface area contributed by atoms with Crippen LogP contribution in [0.4, 0.5) is 11.6 Å². The highest BCUT2D eigenvalue weighted by molar-refractivity contribution is 5.81. The minimum absolute atomic E-state index is 0.142. The largest absolute Gasteiger partial charge is 0.492 e. The maximum atomic E-state index is 12.2. The topological polar surface area (TPSA) is 201 Å². The van der Waals surface area contributed by atoms with Crippen molar-refractivity contribution in [3.63, 3.8) is 0 Å². The highest BCUT2D eigenvalue weighted by Gasteiger charge is 2.43. The van der Waals surface area contributed by atoms with Gasteiger partial charge >= 0.3 is 5.69 Å². The van der Waals surface area contributed by atoms with Gasteiger partial charge in [0.25, 0.3) is 0 Å². The first-order valence-electron chi connectivity index (χ1n) is 12.1. The molecule has 14 heteroatoms. The molecule has 4 aromatic rings. The van der Waals surface area contributed by atoms with Crippen LogP contribution in [-0.2, 0) is 17.8 Å². The second kappa shape index (κ2) is 11.1. The van der Waals surface area contributed by atoms with Crippen molar-refractivity contribution in [3.8, 4) is 5.75 Å². The lowest BCUT2D eigenvalue weighted by atomic mass is 10.1. The number of hydrogen-bond donors (Lipinski definition) is 5. The summed E-state index contributed by atoms with van der Waals surface area (Å²) in [6.07, 6.45) is 0.990. The van der Waals surface area contributed by atoms with Crippen molar-refractivity contribution < 1.29 is 19.7 Å². The van der Waals surface area contributed by atoms with E-state index in [4.69, 9.17) is 20.9 Å². The zero-order chi connectivity index (χ0) is 26.6. The number of anilines is 2. The lowest BCUT2D eigenvalue weighted by molar-refractivity contribution is -0.0367. The van der Waals surface area contributed by atoms with E-state index in [0.29, 0.717) is 55.1 Å². The number of nitrogens with zero attached hydrogens (tertiary/aromatic N) is 6. The Bertz CT molecular complexity index is 1440. The van der Waals surface area contributed by atoms with Gasteiger partial charge in [-0.3, -0.25) is 9.13 Å². The molecule has 1 saturated heterocycles. The standard InChI is InChI=1S/C24H29N9O5/c25-20-14(11-32(24(36)31-20)8-9-37-15-4-2-1-3-5-15)10-27-7-6-16-18(34)19(35)23(38-16)33-13-30-17-21(26)28-12-29-22(17)33/h1-5,11-13,16,18-19,23,27,34-35H,6-10H2,(H2,25,31,36)(H2,26,28,29). The molecular weight excluding hydrogens is 494 g/mol. The number of para-hydroxylation sites is 1. The molecule has 4 unspecified atom stereocenters. The number of fused-ring (bicyclic) bond motifs is 1. The number of aliphatic hydroxyl groups is 2. The molecule has 200 valence electrons. The van der Waals surface area contributed by atoms with E-state index in [1.807, 2.05) is 30.3 Å². The zero-order valence-electron chi connectivity index (χ0n) is 20.4. The Kier molecular flexibility index (Phi) is 7.46. The van der Waals surface area contributed by atoms with Crippen molar-refractivity contribution >= 4 is 22.8 Å². The summed E-state index contributed by atoms with van der Waals surface area (Å²) < 4.78 is 14.6. The Balaban J connectivity index is 1.15. The highest BCUT2D eigenvalue weighted by Crippen LogP contribution is 2.33. The molecule has 7 N–H and O–H groups in total. The van der Waals surface area contributed by atoms with Crippen LogP contribution in [0.3, 0.4) is 0 Å². The number of nitrogen functional groups attached to an aromatic ring is 2. The predicted octanol–water partition coefficient (Wildman–Crippen LogP) is -0.574. The number of benzene rings is 1. The van der Waals surface area contributed by atoms with Gasteiger partial charge in [0.1, 0.15) is 42.2 Å². The summed E-state index contributed by atoms with van der Waals surface area (Å²) in [5, 5.41) is 24.4. The van der Waals surface area contributed by atoms with Crippen LogP contribution in [0.1, 0.15) is 18.2 Å². The molecule has 38 heavy (non-hydrogen) atoms. The number of aliphatic hydroxyl groups excluding tert-OH is 2. The molecule has 1 fully saturated rings. The van der Waals surface area contributed by atoms with Gasteiger partial charge in [0.15, 0.2) is 17.7 Å². The smallest absolute Gasteiger partial charge is 0.349 e. The molecule has 14 nitrogen and oxygen atoms in total. The van der Waals surface area contributed by atoms with Crippen LogP contribution < -0.4 is 27.2 Å². The van der Waals surface area contributed by atoms with Gasteiger partial charge in [-0.15, -0.1) is 0 Å². The summed E-state index contributed by atoms with van der Waals surface area (Å²) in [7, 11) is 0. The van der Waals surface area contributed by atoms with Crippen molar-refractivity contribution in [2.75, 3.05) is 24.6 Å². The van der Waals surface area contributed by atoms with Gasteiger partial charge in [0.2, 0.25) is 0 Å². The molecule has 1 aromatic carbocycles. The Labute approximate surface area is 216 Å². The van der Waals surface area contributed by atoms with Crippen LogP contribution in [0.25, 0.3) is 11.2 Å². The third-order valence-corrected chi connectivity index (χ3v) is 6.37. The summed E-state index contributed by atoms with van der Waals surface area (Å²) in [5.74, 6) is 1.07. The van der Waals surface area contributed by atoms with Crippen LogP contribution >= 0.6 is 0 Å². The van der Waals surface area contributed by atoms with Crippen LogP contribution in [0.2, 0.25) is 0 Å². The van der Waals surface area contributed by atoms with Crippen LogP contribution in [0.15, 0.2) is 54.0 Å². The van der Waals surface area contributed by atoms with Gasteiger partial charge in [-0.1, -0.05) is 18.2 Å². The van der Waals surface area contributed by atoms with E-state index in [0.717, 1.165) is 0 Å². The quantitative estimate of drug-likeness (QED) is 0.166. The lowest BCUT2D eigenvalue weighted by Gasteiger charge is -2.16. The number of ether oxygens (including phenoxy) is 2. The first-order chi connectivity index (χ1) is 18.4. The van der Waals surface area contributed by atoms with Crippen LogP contribution in [0, 0.1) is 0 Å². The average molecular weight is 524 g/mol. The van der Waals surface area contributed by atoms with Gasteiger partial charge < -0.3 is 36.5 Å². The Morgan fingerprint density at radius 2 is 1.89 bits per heavy atom. The Morgan fingerprint density at radius 3 is 2.71 bits per heavy atom. The summed E-state index contributed by atoms with van der Waals surface area (Å²) in [6.45, 7) is 1.40. The fourth-order valence-electron chi connectivity index (χ4n) is 4.34. The molecule has 0 amide bonds. The summed E-state index contributed by atoms with van der Waals surface area (Å²) in [4.78, 5) is 28.4. The first-order valence-corrected chi connectivity index (χ1v) is 12.1. The van der Waals surface area contributed by atoms with Gasteiger partial charge in [0.05, 0.1) is 19.0 Å². The van der Waals surface area contributed by atoms with E-state index in [9.17, 15) is 15.0 Å². The normalized spacial score (nSPS) is 21.2. The van der Waals surface area contributed by atoms with Crippen LogP contribution in [-0.4, -0.2) is 70.7 Å². The van der Waals surface area contributed by atoms with Crippen molar-refractivity contribution in [3.05, 3.63) is 65.2 Å². The Morgan fingerprint density at radius 1 is 1.08 bits per heavy atom. The number of rotatable bonds is 10. The predicted molar refractivity (Wildman–Crippen MR) is 137 cm³/mol. The Hall–Kier alpha value is -4.11. The molecular formula is C24H29N9O5. The molecule has 1 aliphatic heterocycles. The number of aromatic nitrogens is 6.